The molecular weight excluding hydrogens is 260 g/mol. The number of nitrogens with one attached hydrogen (secondary N) is 1. The van der Waals surface area contributed by atoms with Crippen molar-refractivity contribution in [2.45, 2.75) is 6.92 Å². The zero-order valence-electron chi connectivity index (χ0n) is 11.6. The first-order valence-electron chi connectivity index (χ1n) is 6.32. The van der Waals surface area contributed by atoms with Crippen LogP contribution in [0, 0.1) is 6.92 Å². The van der Waals surface area contributed by atoms with Crippen LogP contribution in [0.3, 0.4) is 0 Å². The Bertz CT molecular complexity index is 528. The van der Waals surface area contributed by atoms with Gasteiger partial charge in [0.2, 0.25) is 0 Å². The zero-order chi connectivity index (χ0) is 13.7. The molecule has 2 aromatic heterocycles. The number of aryl methyl sites for hydroxylation is 1. The molecule has 0 atom stereocenters. The number of rotatable bonds is 7. The van der Waals surface area contributed by atoms with E-state index < -0.39 is 0 Å². The van der Waals surface area contributed by atoms with Crippen LogP contribution in [0.15, 0.2) is 11.7 Å². The fourth-order valence-corrected chi connectivity index (χ4v) is 2.79. The van der Waals surface area contributed by atoms with Crippen molar-refractivity contribution in [3.63, 3.8) is 0 Å². The van der Waals surface area contributed by atoms with Gasteiger partial charge in [-0.05, 0) is 24.9 Å². The Morgan fingerprint density at radius 3 is 3.00 bits per heavy atom. The Hall–Kier alpha value is -1.24. The van der Waals surface area contributed by atoms with E-state index in [0.29, 0.717) is 0 Å². The first-order valence-corrected chi connectivity index (χ1v) is 7.20. The smallest absolute Gasteiger partial charge is 0.147 e. The molecule has 2 aromatic rings. The van der Waals surface area contributed by atoms with E-state index in [2.05, 4.69) is 39.5 Å². The summed E-state index contributed by atoms with van der Waals surface area (Å²) >= 11 is 1.69. The van der Waals surface area contributed by atoms with Crippen molar-refractivity contribution in [2.24, 2.45) is 0 Å². The highest BCUT2D eigenvalue weighted by atomic mass is 32.1. The van der Waals surface area contributed by atoms with Crippen LogP contribution in [-0.2, 0) is 4.74 Å². The van der Waals surface area contributed by atoms with Crippen LogP contribution in [0.4, 0.5) is 5.82 Å². The lowest BCUT2D eigenvalue weighted by molar-refractivity contribution is 0.163. The summed E-state index contributed by atoms with van der Waals surface area (Å²) in [5.74, 6) is 0.934. The van der Waals surface area contributed by atoms with E-state index in [9.17, 15) is 0 Å². The molecule has 6 heteroatoms. The van der Waals surface area contributed by atoms with Crippen molar-refractivity contribution in [2.75, 3.05) is 45.7 Å². The monoisotopic (exact) mass is 280 g/mol. The molecule has 0 saturated carbocycles. The van der Waals surface area contributed by atoms with Gasteiger partial charge in [0.15, 0.2) is 0 Å². The van der Waals surface area contributed by atoms with Gasteiger partial charge in [-0.15, -0.1) is 11.3 Å². The molecular formula is C13H20N4OS. The molecule has 0 spiro atoms. The maximum atomic E-state index is 5.06. The highest BCUT2D eigenvalue weighted by molar-refractivity contribution is 7.18. The van der Waals surface area contributed by atoms with Gasteiger partial charge < -0.3 is 15.0 Å². The molecule has 5 nitrogen and oxygen atoms in total. The summed E-state index contributed by atoms with van der Waals surface area (Å²) in [4.78, 5) is 10.9. The van der Waals surface area contributed by atoms with Crippen molar-refractivity contribution in [1.29, 1.82) is 0 Å². The summed E-state index contributed by atoms with van der Waals surface area (Å²) in [6.45, 7) is 5.60. The summed E-state index contributed by atoms with van der Waals surface area (Å²) in [7, 11) is 3.81. The third-order valence-corrected chi connectivity index (χ3v) is 4.09. The fourth-order valence-electron chi connectivity index (χ4n) is 1.82. The van der Waals surface area contributed by atoms with Crippen LogP contribution in [0.1, 0.15) is 5.56 Å². The van der Waals surface area contributed by atoms with Crippen molar-refractivity contribution in [1.82, 2.24) is 14.9 Å². The molecule has 0 bridgehead atoms. The van der Waals surface area contributed by atoms with Crippen LogP contribution in [0.5, 0.6) is 0 Å². The number of nitrogens with zero attached hydrogens (tertiary/aromatic N) is 3. The molecule has 0 aromatic carbocycles. The van der Waals surface area contributed by atoms with Crippen molar-refractivity contribution >= 4 is 27.4 Å². The van der Waals surface area contributed by atoms with E-state index in [1.807, 2.05) is 0 Å². The van der Waals surface area contributed by atoms with Crippen molar-refractivity contribution in [3.8, 4) is 0 Å². The highest BCUT2D eigenvalue weighted by Crippen LogP contribution is 2.28. The number of hydrogen-bond acceptors (Lipinski definition) is 6. The van der Waals surface area contributed by atoms with Gasteiger partial charge in [0.1, 0.15) is 12.1 Å². The molecule has 104 valence electrons. The molecule has 0 radical (unpaired) electrons. The molecule has 0 unspecified atom stereocenters. The third-order valence-electron chi connectivity index (χ3n) is 2.99. The van der Waals surface area contributed by atoms with Gasteiger partial charge in [-0.2, -0.15) is 0 Å². The van der Waals surface area contributed by atoms with Crippen molar-refractivity contribution in [3.05, 3.63) is 17.3 Å². The largest absolute Gasteiger partial charge is 0.383 e. The molecule has 19 heavy (non-hydrogen) atoms. The number of hydrogen-bond donors (Lipinski definition) is 1. The van der Waals surface area contributed by atoms with E-state index in [1.54, 1.807) is 24.8 Å². The Kier molecular flexibility index (Phi) is 5.07. The number of thiophene rings is 1. The minimum atomic E-state index is 0.762. The average Bonchev–Trinajstić information content (AvgIpc) is 2.79. The lowest BCUT2D eigenvalue weighted by Gasteiger charge is -2.16. The van der Waals surface area contributed by atoms with Gasteiger partial charge >= 0.3 is 0 Å². The standard InChI is InChI=1S/C13H20N4OS/c1-10-8-19-12-11(10)15-9-16-13(12)14-4-5-17(2)6-7-18-3/h8-9H,4-7H2,1-3H3,(H,14,15,16). The minimum absolute atomic E-state index is 0.762. The Morgan fingerprint density at radius 1 is 1.37 bits per heavy atom. The first kappa shape index (κ1) is 14.2. The topological polar surface area (TPSA) is 50.3 Å². The molecule has 0 aliphatic rings. The average molecular weight is 280 g/mol. The number of aromatic nitrogens is 2. The van der Waals surface area contributed by atoms with Crippen LogP contribution in [0.2, 0.25) is 0 Å². The molecule has 2 heterocycles. The number of ether oxygens (including phenoxy) is 1. The van der Waals surface area contributed by atoms with E-state index in [-0.39, 0.29) is 0 Å². The van der Waals surface area contributed by atoms with E-state index >= 15 is 0 Å². The second-order valence-corrected chi connectivity index (χ2v) is 5.42. The van der Waals surface area contributed by atoms with Crippen LogP contribution in [0.25, 0.3) is 10.2 Å². The second-order valence-electron chi connectivity index (χ2n) is 4.54. The first-order chi connectivity index (χ1) is 9.22. The normalized spacial score (nSPS) is 11.4. The number of likely N-dealkylation sites (N-methyl/N-ethyl adjacent to an activating group) is 1. The molecule has 0 amide bonds. The number of anilines is 1. The van der Waals surface area contributed by atoms with Gasteiger partial charge in [-0.1, -0.05) is 0 Å². The number of fused-ring (bicyclic) bond motifs is 1. The number of methoxy groups -OCH3 is 1. The Labute approximate surface area is 117 Å². The summed E-state index contributed by atoms with van der Waals surface area (Å²) in [5, 5.41) is 5.51. The van der Waals surface area contributed by atoms with Gasteiger partial charge in [0, 0.05) is 26.7 Å². The minimum Gasteiger partial charge on any atom is -0.383 e. The van der Waals surface area contributed by atoms with E-state index in [0.717, 1.165) is 42.3 Å². The van der Waals surface area contributed by atoms with Gasteiger partial charge in [0.05, 0.1) is 16.8 Å². The summed E-state index contributed by atoms with van der Waals surface area (Å²) in [5.41, 5.74) is 2.26. The van der Waals surface area contributed by atoms with Gasteiger partial charge in [-0.3, -0.25) is 0 Å². The predicted molar refractivity (Wildman–Crippen MR) is 80.0 cm³/mol. The van der Waals surface area contributed by atoms with Crippen LogP contribution in [-0.4, -0.2) is 55.3 Å². The quantitative estimate of drug-likeness (QED) is 0.840. The summed E-state index contributed by atoms with van der Waals surface area (Å²) in [6, 6.07) is 0. The van der Waals surface area contributed by atoms with Crippen LogP contribution >= 0.6 is 11.3 Å². The van der Waals surface area contributed by atoms with Crippen LogP contribution < -0.4 is 5.32 Å². The maximum Gasteiger partial charge on any atom is 0.147 e. The lowest BCUT2D eigenvalue weighted by Crippen LogP contribution is -2.28. The Balaban J connectivity index is 1.91. The third kappa shape index (κ3) is 3.62. The molecule has 1 N–H and O–H groups in total. The maximum absolute atomic E-state index is 5.06. The Morgan fingerprint density at radius 2 is 2.21 bits per heavy atom. The second kappa shape index (κ2) is 6.79. The van der Waals surface area contributed by atoms with E-state index in [1.165, 1.54) is 5.56 Å². The molecule has 0 saturated heterocycles. The van der Waals surface area contributed by atoms with Crippen molar-refractivity contribution < 1.29 is 4.74 Å². The zero-order valence-corrected chi connectivity index (χ0v) is 12.5. The molecule has 0 fully saturated rings. The molecule has 0 aliphatic carbocycles. The van der Waals surface area contributed by atoms with Gasteiger partial charge in [-0.25, -0.2) is 9.97 Å². The summed E-state index contributed by atoms with van der Waals surface area (Å²) < 4.78 is 6.19. The van der Waals surface area contributed by atoms with E-state index in [4.69, 9.17) is 4.74 Å². The highest BCUT2D eigenvalue weighted by Gasteiger charge is 2.07. The van der Waals surface area contributed by atoms with Gasteiger partial charge in [0.25, 0.3) is 0 Å². The SMILES string of the molecule is COCCN(C)CCNc1ncnc2c(C)csc12. The molecule has 2 rings (SSSR count). The lowest BCUT2D eigenvalue weighted by atomic mass is 10.3. The summed E-state index contributed by atoms with van der Waals surface area (Å²) in [6.07, 6.45) is 1.62. The molecule has 0 aliphatic heterocycles. The fraction of sp³-hybridized carbons (Fsp3) is 0.538. The predicted octanol–water partition coefficient (Wildman–Crippen LogP) is 1.99.